The van der Waals surface area contributed by atoms with Gasteiger partial charge >= 0.3 is 6.18 Å². The highest BCUT2D eigenvalue weighted by atomic mass is 32.2. The lowest BCUT2D eigenvalue weighted by atomic mass is 10.1. The van der Waals surface area contributed by atoms with Gasteiger partial charge in [0.25, 0.3) is 0 Å². The summed E-state index contributed by atoms with van der Waals surface area (Å²) in [7, 11) is -3.86. The molecule has 1 aromatic rings. The van der Waals surface area contributed by atoms with Crippen molar-refractivity contribution in [1.82, 2.24) is 14.3 Å². The van der Waals surface area contributed by atoms with Crippen molar-refractivity contribution in [2.24, 2.45) is 0 Å². The van der Waals surface area contributed by atoms with Crippen molar-refractivity contribution < 1.29 is 21.6 Å². The predicted octanol–water partition coefficient (Wildman–Crippen LogP) is 1.94. The molecule has 0 unspecified atom stereocenters. The lowest BCUT2D eigenvalue weighted by Crippen LogP contribution is -2.43. The molecule has 1 aliphatic heterocycles. The van der Waals surface area contributed by atoms with Gasteiger partial charge in [-0.05, 0) is 19.8 Å². The molecule has 0 radical (unpaired) electrons. The Morgan fingerprint density at radius 1 is 1.30 bits per heavy atom. The van der Waals surface area contributed by atoms with E-state index in [1.54, 1.807) is 6.07 Å². The smallest absolute Gasteiger partial charge is 0.367 e. The van der Waals surface area contributed by atoms with Gasteiger partial charge in [-0.25, -0.2) is 22.7 Å². The first-order valence-electron chi connectivity index (χ1n) is 7.25. The standard InChI is InChI=1S/C13H19F3N4O2S/c1-10-8-12(18-9-17-10)19-11-2-5-20(6-3-11)23(21,22)7-4-13(14,15)16/h8-9,11H,2-7H2,1H3,(H,17,18,19). The van der Waals surface area contributed by atoms with Crippen LogP contribution in [0.3, 0.4) is 0 Å². The maximum absolute atomic E-state index is 12.2. The van der Waals surface area contributed by atoms with Gasteiger partial charge in [-0.3, -0.25) is 0 Å². The summed E-state index contributed by atoms with van der Waals surface area (Å²) in [6.07, 6.45) is -3.29. The summed E-state index contributed by atoms with van der Waals surface area (Å²) in [5.41, 5.74) is 0.815. The molecule has 1 saturated heterocycles. The second kappa shape index (κ2) is 7.00. The number of halogens is 3. The van der Waals surface area contributed by atoms with Gasteiger partial charge in [-0.15, -0.1) is 0 Å². The molecule has 0 amide bonds. The Kier molecular flexibility index (Phi) is 5.45. The average Bonchev–Trinajstić information content (AvgIpc) is 2.45. The number of nitrogens with one attached hydrogen (secondary N) is 1. The van der Waals surface area contributed by atoms with Gasteiger partial charge in [0.2, 0.25) is 10.0 Å². The number of piperidine rings is 1. The van der Waals surface area contributed by atoms with Crippen LogP contribution in [0.1, 0.15) is 25.0 Å². The molecule has 23 heavy (non-hydrogen) atoms. The van der Waals surface area contributed by atoms with Crippen LogP contribution in [0.15, 0.2) is 12.4 Å². The Labute approximate surface area is 133 Å². The highest BCUT2D eigenvalue weighted by Crippen LogP contribution is 2.23. The minimum absolute atomic E-state index is 0.0402. The summed E-state index contributed by atoms with van der Waals surface area (Å²) >= 11 is 0. The maximum Gasteiger partial charge on any atom is 0.390 e. The Balaban J connectivity index is 1.86. The predicted molar refractivity (Wildman–Crippen MR) is 79.4 cm³/mol. The number of hydrogen-bond donors (Lipinski definition) is 1. The Morgan fingerprint density at radius 3 is 2.52 bits per heavy atom. The molecular weight excluding hydrogens is 333 g/mol. The van der Waals surface area contributed by atoms with Crippen molar-refractivity contribution in [2.45, 2.75) is 38.4 Å². The number of sulfonamides is 1. The normalized spacial score (nSPS) is 18.1. The zero-order chi connectivity index (χ0) is 17.1. The third kappa shape index (κ3) is 5.61. The van der Waals surface area contributed by atoms with Gasteiger partial charge in [-0.2, -0.15) is 13.2 Å². The van der Waals surface area contributed by atoms with Crippen LogP contribution in [0.5, 0.6) is 0 Å². The Hall–Kier alpha value is -1.42. The van der Waals surface area contributed by atoms with Crippen molar-refractivity contribution >= 4 is 15.8 Å². The topological polar surface area (TPSA) is 75.2 Å². The Bertz CT molecular complexity index is 628. The van der Waals surface area contributed by atoms with E-state index < -0.39 is 28.4 Å². The van der Waals surface area contributed by atoms with Crippen LogP contribution in [0.4, 0.5) is 19.0 Å². The van der Waals surface area contributed by atoms with Crippen molar-refractivity contribution in [3.8, 4) is 0 Å². The lowest BCUT2D eigenvalue weighted by molar-refractivity contribution is -0.130. The molecular formula is C13H19F3N4O2S. The van der Waals surface area contributed by atoms with Crippen LogP contribution in [-0.2, 0) is 10.0 Å². The molecule has 0 spiro atoms. The van der Waals surface area contributed by atoms with E-state index in [0.717, 1.165) is 10.00 Å². The monoisotopic (exact) mass is 352 g/mol. The van der Waals surface area contributed by atoms with E-state index in [0.29, 0.717) is 18.7 Å². The fourth-order valence-electron chi connectivity index (χ4n) is 2.39. The van der Waals surface area contributed by atoms with Crippen molar-refractivity contribution in [1.29, 1.82) is 0 Å². The van der Waals surface area contributed by atoms with Crippen LogP contribution in [0, 0.1) is 6.92 Å². The number of rotatable bonds is 5. The molecule has 2 rings (SSSR count). The number of alkyl halides is 3. The van der Waals surface area contributed by atoms with E-state index in [1.807, 2.05) is 6.92 Å². The fourth-order valence-corrected chi connectivity index (χ4v) is 3.91. The highest BCUT2D eigenvalue weighted by Gasteiger charge is 2.34. The minimum Gasteiger partial charge on any atom is -0.367 e. The minimum atomic E-state index is -4.46. The summed E-state index contributed by atoms with van der Waals surface area (Å²) in [6.45, 7) is 2.26. The quantitative estimate of drug-likeness (QED) is 0.877. The van der Waals surface area contributed by atoms with Gasteiger partial charge in [0.05, 0.1) is 12.2 Å². The number of aryl methyl sites for hydroxylation is 1. The second-order valence-electron chi connectivity index (χ2n) is 5.54. The number of hydrogen-bond acceptors (Lipinski definition) is 5. The molecule has 1 N–H and O–H groups in total. The maximum atomic E-state index is 12.2. The lowest BCUT2D eigenvalue weighted by Gasteiger charge is -2.32. The second-order valence-corrected chi connectivity index (χ2v) is 7.63. The zero-order valence-electron chi connectivity index (χ0n) is 12.7. The SMILES string of the molecule is Cc1cc(NC2CCN(S(=O)(=O)CCC(F)(F)F)CC2)ncn1. The van der Waals surface area contributed by atoms with Gasteiger partial charge in [0.15, 0.2) is 0 Å². The fraction of sp³-hybridized carbons (Fsp3) is 0.692. The van der Waals surface area contributed by atoms with E-state index in [2.05, 4.69) is 15.3 Å². The summed E-state index contributed by atoms with van der Waals surface area (Å²) in [5, 5.41) is 3.20. The summed E-state index contributed by atoms with van der Waals surface area (Å²) in [4.78, 5) is 8.07. The van der Waals surface area contributed by atoms with Gasteiger partial charge in [-0.1, -0.05) is 0 Å². The third-order valence-electron chi connectivity index (χ3n) is 3.65. The molecule has 0 atom stereocenters. The van der Waals surface area contributed by atoms with Crippen LogP contribution >= 0.6 is 0 Å². The highest BCUT2D eigenvalue weighted by molar-refractivity contribution is 7.89. The molecule has 0 aromatic carbocycles. The van der Waals surface area contributed by atoms with Crippen LogP contribution in [-0.4, -0.2) is 53.8 Å². The summed E-state index contributed by atoms with van der Waals surface area (Å²) < 4.78 is 61.5. The largest absolute Gasteiger partial charge is 0.390 e. The average molecular weight is 352 g/mol. The van der Waals surface area contributed by atoms with E-state index >= 15 is 0 Å². The number of anilines is 1. The van der Waals surface area contributed by atoms with Crippen molar-refractivity contribution in [2.75, 3.05) is 24.2 Å². The molecule has 1 fully saturated rings. The van der Waals surface area contributed by atoms with E-state index in [9.17, 15) is 21.6 Å². The molecule has 1 aromatic heterocycles. The van der Waals surface area contributed by atoms with Gasteiger partial charge < -0.3 is 5.32 Å². The van der Waals surface area contributed by atoms with E-state index in [1.165, 1.54) is 6.33 Å². The molecule has 6 nitrogen and oxygen atoms in total. The first-order valence-corrected chi connectivity index (χ1v) is 8.86. The molecule has 0 saturated carbocycles. The van der Waals surface area contributed by atoms with Crippen molar-refractivity contribution in [3.63, 3.8) is 0 Å². The van der Waals surface area contributed by atoms with Crippen molar-refractivity contribution in [3.05, 3.63) is 18.1 Å². The van der Waals surface area contributed by atoms with E-state index in [-0.39, 0.29) is 19.1 Å². The first kappa shape index (κ1) is 17.9. The van der Waals surface area contributed by atoms with Gasteiger partial charge in [0, 0.05) is 30.9 Å². The molecule has 10 heteroatoms. The van der Waals surface area contributed by atoms with Gasteiger partial charge in [0.1, 0.15) is 12.1 Å². The van der Waals surface area contributed by atoms with Crippen LogP contribution in [0.2, 0.25) is 0 Å². The molecule has 2 heterocycles. The number of aromatic nitrogens is 2. The van der Waals surface area contributed by atoms with Crippen LogP contribution < -0.4 is 5.32 Å². The molecule has 0 aliphatic carbocycles. The zero-order valence-corrected chi connectivity index (χ0v) is 13.5. The first-order chi connectivity index (χ1) is 10.7. The molecule has 1 aliphatic rings. The summed E-state index contributed by atoms with van der Waals surface area (Å²) in [6, 6.07) is 1.82. The molecule has 130 valence electrons. The Morgan fingerprint density at radius 2 is 1.96 bits per heavy atom. The molecule has 0 bridgehead atoms. The third-order valence-corrected chi connectivity index (χ3v) is 5.52. The van der Waals surface area contributed by atoms with E-state index in [4.69, 9.17) is 0 Å². The number of nitrogens with zero attached hydrogens (tertiary/aromatic N) is 3. The summed E-state index contributed by atoms with van der Waals surface area (Å²) in [5.74, 6) is -0.226. The van der Waals surface area contributed by atoms with Crippen LogP contribution in [0.25, 0.3) is 0 Å².